The number of nitrogens with zero attached hydrogens (tertiary/aromatic N) is 4. The van der Waals surface area contributed by atoms with Gasteiger partial charge in [0.05, 0.1) is 11.0 Å². The van der Waals surface area contributed by atoms with Gasteiger partial charge < -0.3 is 20.2 Å². The van der Waals surface area contributed by atoms with Crippen molar-refractivity contribution < 1.29 is 9.59 Å². The number of likely N-dealkylation sites (tertiary alicyclic amines) is 1. The summed E-state index contributed by atoms with van der Waals surface area (Å²) in [4.78, 5) is 38.1. The molecule has 1 fully saturated rings. The maximum atomic E-state index is 12.7. The topological polar surface area (TPSA) is 110 Å². The Balaban J connectivity index is 1.38. The number of carbonyl (C=O) groups excluding carboxylic acids is 2. The Morgan fingerprint density at radius 1 is 1.29 bits per heavy atom. The van der Waals surface area contributed by atoms with Crippen LogP contribution in [0.3, 0.4) is 0 Å². The van der Waals surface area contributed by atoms with E-state index in [1.165, 1.54) is 0 Å². The fourth-order valence-electron chi connectivity index (χ4n) is 3.90. The van der Waals surface area contributed by atoms with Crippen molar-refractivity contribution in [3.63, 3.8) is 0 Å². The smallest absolute Gasteiger partial charge is 0.237 e. The highest BCUT2D eigenvalue weighted by atomic mass is 16.2. The molecule has 0 aliphatic carbocycles. The maximum Gasteiger partial charge on any atom is 0.237 e. The van der Waals surface area contributed by atoms with Crippen molar-refractivity contribution >= 4 is 22.8 Å². The first kappa shape index (κ1) is 18.2. The number of aromatic amines is 1. The number of nitrogens with two attached hydrogens (primary N) is 1. The molecule has 3 aromatic rings. The van der Waals surface area contributed by atoms with Gasteiger partial charge in [0.1, 0.15) is 18.2 Å². The second-order valence-corrected chi connectivity index (χ2v) is 7.26. The van der Waals surface area contributed by atoms with Crippen LogP contribution in [0.4, 0.5) is 0 Å². The molecule has 0 saturated carbocycles. The van der Waals surface area contributed by atoms with Gasteiger partial charge in [0.15, 0.2) is 0 Å². The van der Waals surface area contributed by atoms with Crippen molar-refractivity contribution in [2.75, 3.05) is 13.1 Å². The predicted octanol–water partition coefficient (Wildman–Crippen LogP) is 1.58. The molecule has 0 spiro atoms. The maximum absolute atomic E-state index is 12.7. The zero-order valence-corrected chi connectivity index (χ0v) is 15.7. The van der Waals surface area contributed by atoms with E-state index in [0.29, 0.717) is 19.4 Å². The van der Waals surface area contributed by atoms with Crippen LogP contribution in [0.25, 0.3) is 11.0 Å². The number of para-hydroxylation sites is 2. The quantitative estimate of drug-likeness (QED) is 0.676. The number of aromatic nitrogens is 4. The molecule has 1 atom stereocenters. The Kier molecular flexibility index (Phi) is 5.10. The van der Waals surface area contributed by atoms with Crippen molar-refractivity contribution in [2.24, 2.45) is 5.73 Å². The number of primary amides is 1. The Morgan fingerprint density at radius 3 is 2.96 bits per heavy atom. The van der Waals surface area contributed by atoms with E-state index in [2.05, 4.69) is 15.0 Å². The number of H-pyrrole nitrogens is 1. The lowest BCUT2D eigenvalue weighted by Crippen LogP contribution is -2.40. The summed E-state index contributed by atoms with van der Waals surface area (Å²) in [6, 6.07) is 7.86. The van der Waals surface area contributed by atoms with E-state index in [1.54, 1.807) is 17.0 Å². The zero-order valence-electron chi connectivity index (χ0n) is 15.7. The van der Waals surface area contributed by atoms with E-state index in [1.807, 2.05) is 29.2 Å². The first-order chi connectivity index (χ1) is 13.6. The van der Waals surface area contributed by atoms with E-state index in [-0.39, 0.29) is 18.4 Å². The van der Waals surface area contributed by atoms with Gasteiger partial charge in [-0.2, -0.15) is 0 Å². The minimum absolute atomic E-state index is 0.117. The molecule has 1 aliphatic rings. The Morgan fingerprint density at radius 2 is 2.14 bits per heavy atom. The normalized spacial score (nSPS) is 17.1. The van der Waals surface area contributed by atoms with Gasteiger partial charge >= 0.3 is 0 Å². The van der Waals surface area contributed by atoms with Crippen LogP contribution in [0.2, 0.25) is 0 Å². The number of piperidine rings is 1. The molecular formula is C20H24N6O2. The van der Waals surface area contributed by atoms with Crippen LogP contribution < -0.4 is 5.73 Å². The van der Waals surface area contributed by atoms with Crippen LogP contribution in [0.1, 0.15) is 36.8 Å². The van der Waals surface area contributed by atoms with E-state index < -0.39 is 5.91 Å². The number of benzene rings is 1. The summed E-state index contributed by atoms with van der Waals surface area (Å²) in [6.07, 6.45) is 6.32. The van der Waals surface area contributed by atoms with Gasteiger partial charge in [-0.1, -0.05) is 12.1 Å². The van der Waals surface area contributed by atoms with Gasteiger partial charge in [-0.25, -0.2) is 9.97 Å². The van der Waals surface area contributed by atoms with Crippen LogP contribution >= 0.6 is 0 Å². The molecule has 28 heavy (non-hydrogen) atoms. The van der Waals surface area contributed by atoms with Crippen molar-refractivity contribution in [3.05, 3.63) is 48.3 Å². The summed E-state index contributed by atoms with van der Waals surface area (Å²) in [5, 5.41) is 0. The lowest BCUT2D eigenvalue weighted by Gasteiger charge is -2.32. The SMILES string of the molecule is NC(=O)Cn1ccnc1C1CCCN(C(=O)CCc2nc3ccccc3[nH]2)C1. The summed E-state index contributed by atoms with van der Waals surface area (Å²) in [7, 11) is 0. The average molecular weight is 380 g/mol. The lowest BCUT2D eigenvalue weighted by atomic mass is 9.96. The van der Waals surface area contributed by atoms with Gasteiger partial charge in [0, 0.05) is 44.2 Å². The minimum atomic E-state index is -0.395. The minimum Gasteiger partial charge on any atom is -0.368 e. The fraction of sp³-hybridized carbons (Fsp3) is 0.400. The molecule has 1 unspecified atom stereocenters. The molecule has 8 nitrogen and oxygen atoms in total. The number of carbonyl (C=O) groups is 2. The van der Waals surface area contributed by atoms with Gasteiger partial charge in [-0.15, -0.1) is 0 Å². The molecule has 4 rings (SSSR count). The zero-order chi connectivity index (χ0) is 19.5. The van der Waals surface area contributed by atoms with Crippen LogP contribution in [0.15, 0.2) is 36.7 Å². The summed E-state index contributed by atoms with van der Waals surface area (Å²) in [5.41, 5.74) is 7.23. The third-order valence-electron chi connectivity index (χ3n) is 5.23. The average Bonchev–Trinajstić information content (AvgIpc) is 3.32. The van der Waals surface area contributed by atoms with E-state index in [0.717, 1.165) is 42.1 Å². The molecule has 3 heterocycles. The molecular weight excluding hydrogens is 356 g/mol. The number of aryl methyl sites for hydroxylation is 1. The molecule has 0 radical (unpaired) electrons. The number of hydrogen-bond donors (Lipinski definition) is 2. The van der Waals surface area contributed by atoms with Crippen molar-refractivity contribution in [1.29, 1.82) is 0 Å². The number of nitrogens with one attached hydrogen (secondary N) is 1. The molecule has 2 amide bonds. The second-order valence-electron chi connectivity index (χ2n) is 7.26. The van der Waals surface area contributed by atoms with Crippen molar-refractivity contribution in [1.82, 2.24) is 24.4 Å². The van der Waals surface area contributed by atoms with Gasteiger partial charge in [0.2, 0.25) is 11.8 Å². The first-order valence-electron chi connectivity index (χ1n) is 9.61. The summed E-state index contributed by atoms with van der Waals surface area (Å²) in [6.45, 7) is 1.49. The highest BCUT2D eigenvalue weighted by molar-refractivity contribution is 5.77. The highest BCUT2D eigenvalue weighted by Gasteiger charge is 2.27. The van der Waals surface area contributed by atoms with Gasteiger partial charge in [0.25, 0.3) is 0 Å². The van der Waals surface area contributed by atoms with Crippen LogP contribution in [-0.4, -0.2) is 49.3 Å². The Hall–Kier alpha value is -3.16. The Labute approximate surface area is 162 Å². The van der Waals surface area contributed by atoms with Crippen LogP contribution in [0.5, 0.6) is 0 Å². The van der Waals surface area contributed by atoms with E-state index in [4.69, 9.17) is 5.73 Å². The Bertz CT molecular complexity index is 958. The van der Waals surface area contributed by atoms with E-state index in [9.17, 15) is 9.59 Å². The molecule has 146 valence electrons. The molecule has 1 aliphatic heterocycles. The molecule has 2 aromatic heterocycles. The second kappa shape index (κ2) is 7.84. The van der Waals surface area contributed by atoms with Crippen molar-refractivity contribution in [3.8, 4) is 0 Å². The molecule has 3 N–H and O–H groups in total. The number of fused-ring (bicyclic) bond motifs is 1. The summed E-state index contributed by atoms with van der Waals surface area (Å²) in [5.74, 6) is 1.51. The van der Waals surface area contributed by atoms with Crippen molar-refractivity contribution in [2.45, 2.75) is 38.1 Å². The first-order valence-corrected chi connectivity index (χ1v) is 9.61. The van der Waals surface area contributed by atoms with Crippen LogP contribution in [-0.2, 0) is 22.6 Å². The molecule has 8 heteroatoms. The third-order valence-corrected chi connectivity index (χ3v) is 5.23. The largest absolute Gasteiger partial charge is 0.368 e. The standard InChI is InChI=1S/C20H24N6O2/c21-17(27)13-26-11-9-22-20(26)14-4-3-10-25(12-14)19(28)8-7-18-23-15-5-1-2-6-16(15)24-18/h1-2,5-6,9,11,14H,3-4,7-8,10,12-13H2,(H2,21,27)(H,23,24). The van der Waals surface area contributed by atoms with E-state index >= 15 is 0 Å². The number of imidazole rings is 2. The predicted molar refractivity (Wildman–Crippen MR) is 104 cm³/mol. The van der Waals surface area contributed by atoms with Crippen LogP contribution in [0, 0.1) is 0 Å². The highest BCUT2D eigenvalue weighted by Crippen LogP contribution is 2.26. The molecule has 1 saturated heterocycles. The number of rotatable bonds is 6. The van der Waals surface area contributed by atoms with Gasteiger partial charge in [-0.3, -0.25) is 9.59 Å². The number of amides is 2. The lowest BCUT2D eigenvalue weighted by molar-refractivity contribution is -0.132. The fourth-order valence-corrected chi connectivity index (χ4v) is 3.90. The number of hydrogen-bond acceptors (Lipinski definition) is 4. The third kappa shape index (κ3) is 3.90. The van der Waals surface area contributed by atoms with Gasteiger partial charge in [-0.05, 0) is 25.0 Å². The summed E-state index contributed by atoms with van der Waals surface area (Å²) >= 11 is 0. The molecule has 1 aromatic carbocycles. The summed E-state index contributed by atoms with van der Waals surface area (Å²) < 4.78 is 1.79. The monoisotopic (exact) mass is 380 g/mol. The molecule has 0 bridgehead atoms.